The molecule has 1 amide bonds. The van der Waals surface area contributed by atoms with Crippen LogP contribution in [0.25, 0.3) is 0 Å². The fraction of sp³-hybridized carbons (Fsp3) is 0.962. The molecule has 0 aromatic heterocycles. The maximum Gasteiger partial charge on any atom is 0.245 e. The highest BCUT2D eigenvalue weighted by atomic mass is 16.2. The molecule has 4 aliphatic rings. The molecule has 30 heavy (non-hydrogen) atoms. The normalized spacial score (nSPS) is 33.9. The number of carbonyl (C=O) groups is 1. The van der Waals surface area contributed by atoms with Gasteiger partial charge < -0.3 is 4.90 Å². The summed E-state index contributed by atoms with van der Waals surface area (Å²) in [4.78, 5) is 16.1. The Hall–Kier alpha value is -0.610. The fourth-order valence-electron chi connectivity index (χ4n) is 7.31. The summed E-state index contributed by atoms with van der Waals surface area (Å²) in [5, 5.41) is 3.73. The van der Waals surface area contributed by atoms with Crippen molar-refractivity contribution in [2.24, 2.45) is 23.5 Å². The third-order valence-electron chi connectivity index (χ3n) is 9.20. The largest absolute Gasteiger partial charge is 0.310 e. The van der Waals surface area contributed by atoms with Gasteiger partial charge in [-0.25, -0.2) is 0 Å². The number of nitrogens with two attached hydrogens (primary N) is 1. The summed E-state index contributed by atoms with van der Waals surface area (Å²) in [6.07, 6.45) is 22.9. The zero-order valence-corrected chi connectivity index (χ0v) is 19.5. The number of amides is 1. The van der Waals surface area contributed by atoms with Gasteiger partial charge in [-0.2, -0.15) is 0 Å². The summed E-state index contributed by atoms with van der Waals surface area (Å²) in [7, 11) is 0. The molecule has 4 rings (SSSR count). The number of rotatable bonds is 7. The standard InChI is InChI=1S/C26H47N3O/c1-20(23-15-9-4-10-16-23)29-24(30)26(28-25(29)27,19-22-13-7-3-8-14-22)18-17-21-11-5-2-6-12-21/h20-23,25,28H,2-19,27H2,1H3/t20-,25?,26+/m0/s1. The third kappa shape index (κ3) is 5.06. The van der Waals surface area contributed by atoms with Crippen LogP contribution >= 0.6 is 0 Å². The Bertz CT molecular complexity index is 548. The monoisotopic (exact) mass is 417 g/mol. The molecule has 4 heteroatoms. The van der Waals surface area contributed by atoms with Crippen LogP contribution in [0.1, 0.15) is 122 Å². The summed E-state index contributed by atoms with van der Waals surface area (Å²) < 4.78 is 0. The van der Waals surface area contributed by atoms with Crippen LogP contribution in [0.4, 0.5) is 0 Å². The van der Waals surface area contributed by atoms with Crippen LogP contribution in [-0.4, -0.2) is 28.7 Å². The first-order valence-electron chi connectivity index (χ1n) is 13.4. The van der Waals surface area contributed by atoms with Crippen LogP contribution in [0.2, 0.25) is 0 Å². The lowest BCUT2D eigenvalue weighted by molar-refractivity contribution is -0.137. The molecule has 1 aliphatic heterocycles. The molecule has 3 aliphatic carbocycles. The smallest absolute Gasteiger partial charge is 0.245 e. The van der Waals surface area contributed by atoms with Crippen molar-refractivity contribution in [2.45, 2.75) is 140 Å². The van der Waals surface area contributed by atoms with E-state index in [9.17, 15) is 4.79 Å². The van der Waals surface area contributed by atoms with Crippen LogP contribution in [0.15, 0.2) is 0 Å². The van der Waals surface area contributed by atoms with E-state index < -0.39 is 5.54 Å². The van der Waals surface area contributed by atoms with Crippen molar-refractivity contribution in [3.63, 3.8) is 0 Å². The highest BCUT2D eigenvalue weighted by Gasteiger charge is 2.52. The molecule has 0 bridgehead atoms. The first kappa shape index (κ1) is 22.6. The molecular weight excluding hydrogens is 370 g/mol. The maximum atomic E-state index is 14.1. The van der Waals surface area contributed by atoms with Gasteiger partial charge in [-0.1, -0.05) is 83.5 Å². The summed E-state index contributed by atoms with van der Waals surface area (Å²) in [6.45, 7) is 2.27. The Labute approximate surface area is 185 Å². The van der Waals surface area contributed by atoms with Gasteiger partial charge in [0.15, 0.2) is 0 Å². The third-order valence-corrected chi connectivity index (χ3v) is 9.20. The molecule has 0 aromatic rings. The van der Waals surface area contributed by atoms with Gasteiger partial charge in [0.1, 0.15) is 11.8 Å². The zero-order chi connectivity index (χ0) is 21.0. The van der Waals surface area contributed by atoms with Gasteiger partial charge in [0, 0.05) is 6.04 Å². The maximum absolute atomic E-state index is 14.1. The molecule has 3 saturated carbocycles. The van der Waals surface area contributed by atoms with Crippen molar-refractivity contribution in [3.8, 4) is 0 Å². The van der Waals surface area contributed by atoms with Gasteiger partial charge in [0.2, 0.25) is 5.91 Å². The van der Waals surface area contributed by atoms with E-state index in [1.165, 1.54) is 103 Å². The Morgan fingerprint density at radius 2 is 1.43 bits per heavy atom. The van der Waals surface area contributed by atoms with E-state index >= 15 is 0 Å². The molecule has 0 aromatic carbocycles. The molecule has 1 heterocycles. The Kier molecular flexibility index (Phi) is 7.78. The van der Waals surface area contributed by atoms with Crippen LogP contribution in [0.3, 0.4) is 0 Å². The molecule has 172 valence electrons. The summed E-state index contributed by atoms with van der Waals surface area (Å²) in [5.41, 5.74) is 6.26. The first-order chi connectivity index (χ1) is 14.6. The van der Waals surface area contributed by atoms with Crippen LogP contribution < -0.4 is 11.1 Å². The van der Waals surface area contributed by atoms with Gasteiger partial charge in [0.05, 0.1) is 0 Å². The second-order valence-corrected chi connectivity index (χ2v) is 11.3. The molecule has 1 saturated heterocycles. The second kappa shape index (κ2) is 10.3. The van der Waals surface area contributed by atoms with Crippen LogP contribution in [-0.2, 0) is 4.79 Å². The van der Waals surface area contributed by atoms with E-state index in [-0.39, 0.29) is 12.3 Å². The van der Waals surface area contributed by atoms with Crippen LogP contribution in [0.5, 0.6) is 0 Å². The average Bonchev–Trinajstić information content (AvgIpc) is 3.03. The summed E-state index contributed by atoms with van der Waals surface area (Å²) >= 11 is 0. The van der Waals surface area contributed by atoms with Gasteiger partial charge in [0.25, 0.3) is 0 Å². The Balaban J connectivity index is 1.48. The second-order valence-electron chi connectivity index (χ2n) is 11.3. The minimum Gasteiger partial charge on any atom is -0.310 e. The van der Waals surface area contributed by atoms with E-state index in [4.69, 9.17) is 5.73 Å². The molecule has 3 atom stereocenters. The SMILES string of the molecule is C[C@@H](C1CCCCC1)N1C(=O)[C@@](CCC2CCCCC2)(CC2CCCCC2)NC1N. The van der Waals surface area contributed by atoms with Gasteiger partial charge >= 0.3 is 0 Å². The highest BCUT2D eigenvalue weighted by molar-refractivity contribution is 5.89. The van der Waals surface area contributed by atoms with E-state index in [1.54, 1.807) is 0 Å². The van der Waals surface area contributed by atoms with Gasteiger partial charge in [-0.05, 0) is 56.8 Å². The summed E-state index contributed by atoms with van der Waals surface area (Å²) in [6, 6.07) is 0.267. The predicted octanol–water partition coefficient (Wildman–Crippen LogP) is 5.70. The lowest BCUT2D eigenvalue weighted by Crippen LogP contribution is -2.51. The fourth-order valence-corrected chi connectivity index (χ4v) is 7.31. The number of hydrogen-bond acceptors (Lipinski definition) is 3. The van der Waals surface area contributed by atoms with E-state index in [0.29, 0.717) is 17.7 Å². The zero-order valence-electron chi connectivity index (χ0n) is 19.5. The van der Waals surface area contributed by atoms with Gasteiger partial charge in [-0.3, -0.25) is 15.8 Å². The molecule has 4 fully saturated rings. The Morgan fingerprint density at radius 3 is 2.03 bits per heavy atom. The van der Waals surface area contributed by atoms with Crippen molar-refractivity contribution < 1.29 is 4.79 Å². The number of nitrogens with zero attached hydrogens (tertiary/aromatic N) is 1. The Morgan fingerprint density at radius 1 is 0.900 bits per heavy atom. The molecular formula is C26H47N3O. The molecule has 4 nitrogen and oxygen atoms in total. The molecule has 3 N–H and O–H groups in total. The van der Waals surface area contributed by atoms with Crippen molar-refractivity contribution in [1.29, 1.82) is 0 Å². The van der Waals surface area contributed by atoms with E-state index in [1.807, 2.05) is 0 Å². The average molecular weight is 418 g/mol. The van der Waals surface area contributed by atoms with Crippen molar-refractivity contribution >= 4 is 5.91 Å². The predicted molar refractivity (Wildman–Crippen MR) is 124 cm³/mol. The first-order valence-corrected chi connectivity index (χ1v) is 13.4. The van der Waals surface area contributed by atoms with E-state index in [0.717, 1.165) is 18.8 Å². The quantitative estimate of drug-likeness (QED) is 0.559. The molecule has 0 radical (unpaired) electrons. The van der Waals surface area contributed by atoms with E-state index in [2.05, 4.69) is 17.1 Å². The summed E-state index contributed by atoms with van der Waals surface area (Å²) in [5.74, 6) is 2.48. The number of hydrogen-bond donors (Lipinski definition) is 2. The lowest BCUT2D eigenvalue weighted by atomic mass is 9.75. The molecule has 1 unspecified atom stereocenters. The topological polar surface area (TPSA) is 58.4 Å². The molecule has 0 spiro atoms. The van der Waals surface area contributed by atoms with Crippen molar-refractivity contribution in [1.82, 2.24) is 10.2 Å². The van der Waals surface area contributed by atoms with Crippen molar-refractivity contribution in [3.05, 3.63) is 0 Å². The van der Waals surface area contributed by atoms with Gasteiger partial charge in [-0.15, -0.1) is 0 Å². The minimum absolute atomic E-state index is 0.267. The lowest BCUT2D eigenvalue weighted by Gasteiger charge is -2.37. The van der Waals surface area contributed by atoms with Crippen LogP contribution in [0, 0.1) is 17.8 Å². The number of nitrogens with one attached hydrogen (secondary N) is 1. The minimum atomic E-state index is -0.401. The number of carbonyl (C=O) groups excluding carboxylic acids is 1. The highest BCUT2D eigenvalue weighted by Crippen LogP contribution is 2.40. The van der Waals surface area contributed by atoms with Crippen molar-refractivity contribution in [2.75, 3.05) is 0 Å².